The van der Waals surface area contributed by atoms with Gasteiger partial charge in [0, 0.05) is 18.8 Å². The maximum Gasteiger partial charge on any atom is 0.175 e. The van der Waals surface area contributed by atoms with Crippen LogP contribution in [0, 0.1) is 5.92 Å². The lowest BCUT2D eigenvalue weighted by molar-refractivity contribution is 0.196. The molecule has 0 aliphatic heterocycles. The third-order valence-electron chi connectivity index (χ3n) is 2.05. The molecule has 5 nitrogen and oxygen atoms in total. The number of hydrogen-bond donors (Lipinski definition) is 3. The number of sulfone groups is 1. The van der Waals surface area contributed by atoms with Crippen LogP contribution in [0.1, 0.15) is 20.3 Å². The second-order valence-electron chi connectivity index (χ2n) is 4.20. The Hall–Kier alpha value is -0.170. The van der Waals surface area contributed by atoms with Gasteiger partial charge in [-0.25, -0.2) is 8.42 Å². The molecule has 0 fully saturated rings. The summed E-state index contributed by atoms with van der Waals surface area (Å²) in [5.74, 6) is 0.407. The molecule has 0 aromatic carbocycles. The Morgan fingerprint density at radius 1 is 1.33 bits per heavy atom. The first kappa shape index (κ1) is 14.8. The highest BCUT2D eigenvalue weighted by Crippen LogP contribution is 2.04. The molecule has 2 atom stereocenters. The van der Waals surface area contributed by atoms with Crippen LogP contribution in [0.25, 0.3) is 0 Å². The van der Waals surface area contributed by atoms with Crippen molar-refractivity contribution in [1.82, 2.24) is 5.32 Å². The van der Waals surface area contributed by atoms with Crippen LogP contribution in [0.2, 0.25) is 0 Å². The van der Waals surface area contributed by atoms with Gasteiger partial charge in [0.15, 0.2) is 15.3 Å². The molecule has 3 N–H and O–H groups in total. The fourth-order valence-electron chi connectivity index (χ4n) is 1.21. The summed E-state index contributed by atoms with van der Waals surface area (Å²) in [4.78, 5) is 0. The summed E-state index contributed by atoms with van der Waals surface area (Å²) in [6.07, 6.45) is 1.72. The van der Waals surface area contributed by atoms with Gasteiger partial charge in [-0.1, -0.05) is 13.8 Å². The van der Waals surface area contributed by atoms with Crippen LogP contribution in [-0.4, -0.2) is 49.5 Å². The number of aliphatic hydroxyl groups is 2. The van der Waals surface area contributed by atoms with E-state index in [0.717, 1.165) is 12.7 Å². The van der Waals surface area contributed by atoms with E-state index < -0.39 is 15.3 Å². The molecular formula is C9H21NO4S. The minimum atomic E-state index is -3.42. The molecule has 0 aromatic rings. The zero-order chi connectivity index (χ0) is 12.1. The maximum atomic E-state index is 10.9. The van der Waals surface area contributed by atoms with Crippen LogP contribution >= 0.6 is 0 Å². The summed E-state index contributed by atoms with van der Waals surface area (Å²) in [7, 11) is -3.42. The molecule has 0 aliphatic rings. The smallest absolute Gasteiger partial charge is 0.175 e. The Morgan fingerprint density at radius 2 is 1.87 bits per heavy atom. The van der Waals surface area contributed by atoms with Gasteiger partial charge in [0.1, 0.15) is 0 Å². The van der Waals surface area contributed by atoms with E-state index in [1.54, 1.807) is 0 Å². The van der Waals surface area contributed by atoms with E-state index in [4.69, 9.17) is 5.11 Å². The molecule has 0 amide bonds. The molecule has 15 heavy (non-hydrogen) atoms. The first-order valence-electron chi connectivity index (χ1n) is 4.98. The van der Waals surface area contributed by atoms with E-state index in [0.29, 0.717) is 5.92 Å². The zero-order valence-electron chi connectivity index (χ0n) is 9.47. The van der Waals surface area contributed by atoms with Gasteiger partial charge in [0.05, 0.1) is 6.61 Å². The molecule has 0 saturated carbocycles. The summed E-state index contributed by atoms with van der Waals surface area (Å²) >= 11 is 0. The summed E-state index contributed by atoms with van der Waals surface area (Å²) in [5.41, 5.74) is -1.40. The fourth-order valence-corrected chi connectivity index (χ4v) is 1.61. The molecule has 6 heteroatoms. The largest absolute Gasteiger partial charge is 0.395 e. The van der Waals surface area contributed by atoms with Gasteiger partial charge >= 0.3 is 0 Å². The Morgan fingerprint density at radius 3 is 2.20 bits per heavy atom. The quantitative estimate of drug-likeness (QED) is 0.549. The van der Waals surface area contributed by atoms with Crippen molar-refractivity contribution in [2.45, 2.75) is 31.7 Å². The van der Waals surface area contributed by atoms with Crippen molar-refractivity contribution in [3.63, 3.8) is 0 Å². The molecule has 0 bridgehead atoms. The van der Waals surface area contributed by atoms with Gasteiger partial charge in [-0.2, -0.15) is 0 Å². The number of aliphatic hydroxyl groups excluding tert-OH is 2. The Labute approximate surface area is 91.4 Å². The Bertz CT molecular complexity index is 263. The van der Waals surface area contributed by atoms with Crippen LogP contribution < -0.4 is 5.32 Å². The van der Waals surface area contributed by atoms with E-state index in [2.05, 4.69) is 5.32 Å². The first-order valence-corrected chi connectivity index (χ1v) is 6.94. The first-order chi connectivity index (χ1) is 6.77. The Kier molecular flexibility index (Phi) is 6.35. The third kappa shape index (κ3) is 6.83. The highest BCUT2D eigenvalue weighted by atomic mass is 32.2. The average Bonchev–Trinajstić information content (AvgIpc) is 2.09. The molecule has 0 aliphatic carbocycles. The predicted molar refractivity (Wildman–Crippen MR) is 59.2 cm³/mol. The van der Waals surface area contributed by atoms with Gasteiger partial charge in [-0.15, -0.1) is 0 Å². The van der Waals surface area contributed by atoms with Crippen molar-refractivity contribution in [2.24, 2.45) is 5.92 Å². The van der Waals surface area contributed by atoms with E-state index in [1.807, 2.05) is 13.8 Å². The van der Waals surface area contributed by atoms with Crippen LogP contribution in [0.15, 0.2) is 0 Å². The second-order valence-corrected chi connectivity index (χ2v) is 6.40. The van der Waals surface area contributed by atoms with Gasteiger partial charge in [-0.3, -0.25) is 0 Å². The lowest BCUT2D eigenvalue weighted by Gasteiger charge is -2.19. The molecule has 92 valence electrons. The average molecular weight is 239 g/mol. The van der Waals surface area contributed by atoms with Crippen molar-refractivity contribution in [1.29, 1.82) is 0 Å². The Balaban J connectivity index is 4.01. The third-order valence-corrected chi connectivity index (χ3v) is 3.21. The number of nitrogens with one attached hydrogen (secondary N) is 1. The van der Waals surface area contributed by atoms with E-state index in [1.165, 1.54) is 0 Å². The molecule has 0 saturated heterocycles. The molecule has 0 radical (unpaired) electrons. The number of rotatable bonds is 7. The van der Waals surface area contributed by atoms with E-state index >= 15 is 0 Å². The van der Waals surface area contributed by atoms with Gasteiger partial charge in [0.2, 0.25) is 0 Å². The molecule has 0 spiro atoms. The molecule has 2 unspecified atom stereocenters. The van der Waals surface area contributed by atoms with Crippen molar-refractivity contribution >= 4 is 9.84 Å². The van der Waals surface area contributed by atoms with Gasteiger partial charge in [0.25, 0.3) is 0 Å². The van der Waals surface area contributed by atoms with Crippen molar-refractivity contribution in [2.75, 3.05) is 19.4 Å². The van der Waals surface area contributed by atoms with Gasteiger partial charge in [-0.05, 0) is 12.3 Å². The van der Waals surface area contributed by atoms with Crippen molar-refractivity contribution in [3.8, 4) is 0 Å². The monoisotopic (exact) mass is 239 g/mol. The van der Waals surface area contributed by atoms with E-state index in [9.17, 15) is 13.5 Å². The van der Waals surface area contributed by atoms with Gasteiger partial charge < -0.3 is 15.5 Å². The maximum absolute atomic E-state index is 10.9. The normalized spacial score (nSPS) is 16.7. The topological polar surface area (TPSA) is 86.6 Å². The SMILES string of the molecule is CC(C)CC(CO)NCC(O)S(C)(=O)=O. The molecular weight excluding hydrogens is 218 g/mol. The lowest BCUT2D eigenvalue weighted by Crippen LogP contribution is -2.41. The van der Waals surface area contributed by atoms with Crippen LogP contribution in [0.5, 0.6) is 0 Å². The van der Waals surface area contributed by atoms with Crippen LogP contribution in [0.4, 0.5) is 0 Å². The standard InChI is InChI=1S/C9H21NO4S/c1-7(2)4-8(6-11)10-5-9(12)15(3,13)14/h7-12H,4-6H2,1-3H3. The van der Waals surface area contributed by atoms with E-state index in [-0.39, 0.29) is 19.2 Å². The van der Waals surface area contributed by atoms with Crippen molar-refractivity contribution in [3.05, 3.63) is 0 Å². The van der Waals surface area contributed by atoms with Crippen molar-refractivity contribution < 1.29 is 18.6 Å². The van der Waals surface area contributed by atoms with Crippen LogP contribution in [-0.2, 0) is 9.84 Å². The molecule has 0 aromatic heterocycles. The fraction of sp³-hybridized carbons (Fsp3) is 1.00. The minimum absolute atomic E-state index is 0.0449. The summed E-state index contributed by atoms with van der Waals surface area (Å²) in [6.45, 7) is 3.92. The number of hydrogen-bond acceptors (Lipinski definition) is 5. The lowest BCUT2D eigenvalue weighted by atomic mass is 10.0. The summed E-state index contributed by atoms with van der Waals surface area (Å²) in [6, 6.07) is -0.165. The minimum Gasteiger partial charge on any atom is -0.395 e. The summed E-state index contributed by atoms with van der Waals surface area (Å²) in [5, 5.41) is 21.1. The molecule has 0 rings (SSSR count). The van der Waals surface area contributed by atoms with Crippen LogP contribution in [0.3, 0.4) is 0 Å². The second kappa shape index (κ2) is 6.42. The summed E-state index contributed by atoms with van der Waals surface area (Å²) < 4.78 is 21.8. The molecule has 0 heterocycles. The predicted octanol–water partition coefficient (Wildman–Crippen LogP) is -0.654. The zero-order valence-corrected chi connectivity index (χ0v) is 10.3. The highest BCUT2D eigenvalue weighted by Gasteiger charge is 2.18. The highest BCUT2D eigenvalue weighted by molar-refractivity contribution is 7.91.